The minimum atomic E-state index is -3.65. The van der Waals surface area contributed by atoms with E-state index in [0.29, 0.717) is 22.3 Å². The van der Waals surface area contributed by atoms with Crippen molar-refractivity contribution in [3.8, 4) is 0 Å². The number of nitrogens with zero attached hydrogens (tertiary/aromatic N) is 2. The summed E-state index contributed by atoms with van der Waals surface area (Å²) in [7, 11) is -0.818. The average Bonchev–Trinajstić information content (AvgIpc) is 3.06. The van der Waals surface area contributed by atoms with E-state index in [9.17, 15) is 22.0 Å². The smallest absolute Gasteiger partial charge is 0.295 e. The summed E-state index contributed by atoms with van der Waals surface area (Å²) in [4.78, 5) is 18.9. The van der Waals surface area contributed by atoms with Gasteiger partial charge in [0.15, 0.2) is 5.82 Å². The Bertz CT molecular complexity index is 1160. The molecular formula is C18H18F2N4O3S. The van der Waals surface area contributed by atoms with Crippen LogP contribution in [0.2, 0.25) is 0 Å². The third-order valence-electron chi connectivity index (χ3n) is 4.20. The van der Waals surface area contributed by atoms with Gasteiger partial charge in [-0.1, -0.05) is 6.07 Å². The van der Waals surface area contributed by atoms with E-state index in [2.05, 4.69) is 15.3 Å². The molecule has 28 heavy (non-hydrogen) atoms. The van der Waals surface area contributed by atoms with Crippen LogP contribution < -0.4 is 5.32 Å². The summed E-state index contributed by atoms with van der Waals surface area (Å²) in [5, 5.41) is 2.67. The summed E-state index contributed by atoms with van der Waals surface area (Å²) < 4.78 is 51.2. The Morgan fingerprint density at radius 1 is 1.18 bits per heavy atom. The molecule has 0 radical (unpaired) electrons. The maximum atomic E-state index is 12.8. The van der Waals surface area contributed by atoms with Crippen LogP contribution in [0.15, 0.2) is 41.3 Å². The van der Waals surface area contributed by atoms with Crippen LogP contribution in [0.3, 0.4) is 0 Å². The molecule has 0 fully saturated rings. The Kier molecular flexibility index (Phi) is 5.18. The number of alkyl halides is 2. The summed E-state index contributed by atoms with van der Waals surface area (Å²) in [6.45, 7) is 1.73. The highest BCUT2D eigenvalue weighted by Crippen LogP contribution is 2.24. The molecule has 0 saturated carbocycles. The number of benzene rings is 2. The number of halogens is 2. The van der Waals surface area contributed by atoms with E-state index in [1.54, 1.807) is 13.0 Å². The number of hydrogen-bond donors (Lipinski definition) is 2. The molecule has 0 aliphatic carbocycles. The van der Waals surface area contributed by atoms with E-state index in [-0.39, 0.29) is 10.5 Å². The van der Waals surface area contributed by atoms with Gasteiger partial charge < -0.3 is 10.3 Å². The van der Waals surface area contributed by atoms with Crippen molar-refractivity contribution in [3.63, 3.8) is 0 Å². The molecule has 0 atom stereocenters. The Morgan fingerprint density at radius 3 is 2.54 bits per heavy atom. The molecule has 7 nitrogen and oxygen atoms in total. The quantitative estimate of drug-likeness (QED) is 0.677. The zero-order chi connectivity index (χ0) is 20.6. The molecule has 1 heterocycles. The maximum Gasteiger partial charge on any atom is 0.295 e. The fourth-order valence-corrected chi connectivity index (χ4v) is 3.50. The highest BCUT2D eigenvalue weighted by atomic mass is 32.2. The maximum absolute atomic E-state index is 12.8. The van der Waals surface area contributed by atoms with Crippen molar-refractivity contribution in [3.05, 3.63) is 53.3 Å². The van der Waals surface area contributed by atoms with Crippen molar-refractivity contribution in [1.82, 2.24) is 14.3 Å². The van der Waals surface area contributed by atoms with Gasteiger partial charge in [-0.2, -0.15) is 0 Å². The summed E-state index contributed by atoms with van der Waals surface area (Å²) in [6, 6.07) is 8.78. The normalized spacial score (nSPS) is 12.1. The zero-order valence-electron chi connectivity index (χ0n) is 15.3. The molecule has 2 aromatic carbocycles. The van der Waals surface area contributed by atoms with Gasteiger partial charge in [0.1, 0.15) is 0 Å². The average molecular weight is 408 g/mol. The number of aryl methyl sites for hydroxylation is 1. The first-order valence-corrected chi connectivity index (χ1v) is 9.66. The number of amides is 1. The van der Waals surface area contributed by atoms with E-state index < -0.39 is 28.2 Å². The van der Waals surface area contributed by atoms with Crippen LogP contribution in [0.5, 0.6) is 0 Å². The van der Waals surface area contributed by atoms with Crippen LogP contribution >= 0.6 is 0 Å². The van der Waals surface area contributed by atoms with Gasteiger partial charge in [0.05, 0.1) is 15.9 Å². The Hall–Kier alpha value is -2.85. The number of nitrogens with one attached hydrogen (secondary N) is 2. The number of sulfonamides is 1. The van der Waals surface area contributed by atoms with Crippen LogP contribution in [-0.2, 0) is 10.0 Å². The van der Waals surface area contributed by atoms with Crippen molar-refractivity contribution in [2.24, 2.45) is 0 Å². The van der Waals surface area contributed by atoms with Gasteiger partial charge in [0.25, 0.3) is 12.3 Å². The minimum Gasteiger partial charge on any atom is -0.337 e. The fraction of sp³-hybridized carbons (Fsp3) is 0.222. The summed E-state index contributed by atoms with van der Waals surface area (Å²) in [6.07, 6.45) is -2.74. The molecule has 0 spiro atoms. The number of anilines is 1. The van der Waals surface area contributed by atoms with Gasteiger partial charge in [0.2, 0.25) is 10.0 Å². The van der Waals surface area contributed by atoms with Crippen molar-refractivity contribution in [2.45, 2.75) is 18.2 Å². The number of aromatic amines is 1. The number of fused-ring (bicyclic) bond motifs is 1. The SMILES string of the molecule is Cc1ccc(S(=O)(=O)N(C)C)cc1NC(=O)c1ccc2nc(C(F)F)[nH]c2c1. The number of rotatable bonds is 5. The predicted octanol–water partition coefficient (Wildman–Crippen LogP) is 3.31. The predicted molar refractivity (Wildman–Crippen MR) is 101 cm³/mol. The molecule has 0 unspecified atom stereocenters. The first kappa shape index (κ1) is 19.9. The standard InChI is InChI=1S/C18H18F2N4O3S/c1-10-4-6-12(28(26,27)24(2)3)9-14(10)23-18(25)11-5-7-13-15(8-11)22-17(21-13)16(19)20/h4-9,16H,1-3H3,(H,21,22)(H,23,25). The Labute approximate surface area is 160 Å². The molecule has 0 saturated heterocycles. The van der Waals surface area contributed by atoms with Gasteiger partial charge in [-0.3, -0.25) is 4.79 Å². The van der Waals surface area contributed by atoms with E-state index in [1.165, 1.54) is 44.4 Å². The summed E-state index contributed by atoms with van der Waals surface area (Å²) >= 11 is 0. The molecule has 3 rings (SSSR count). The second-order valence-electron chi connectivity index (χ2n) is 6.37. The molecule has 3 aromatic rings. The first-order valence-electron chi connectivity index (χ1n) is 8.22. The molecular weight excluding hydrogens is 390 g/mol. The monoisotopic (exact) mass is 408 g/mol. The minimum absolute atomic E-state index is 0.0454. The lowest BCUT2D eigenvalue weighted by molar-refractivity contribution is 0.102. The van der Waals surface area contributed by atoms with Gasteiger partial charge in [-0.05, 0) is 42.8 Å². The van der Waals surface area contributed by atoms with Crippen LogP contribution in [0.4, 0.5) is 14.5 Å². The van der Waals surface area contributed by atoms with Crippen molar-refractivity contribution >= 4 is 32.7 Å². The van der Waals surface area contributed by atoms with Crippen molar-refractivity contribution in [1.29, 1.82) is 0 Å². The molecule has 0 aliphatic heterocycles. The largest absolute Gasteiger partial charge is 0.337 e. The summed E-state index contributed by atoms with van der Waals surface area (Å²) in [5.74, 6) is -0.970. The number of aromatic nitrogens is 2. The van der Waals surface area contributed by atoms with Crippen LogP contribution in [0.1, 0.15) is 28.2 Å². The Balaban J connectivity index is 1.91. The van der Waals surface area contributed by atoms with Crippen LogP contribution in [0.25, 0.3) is 11.0 Å². The second-order valence-corrected chi connectivity index (χ2v) is 8.52. The van der Waals surface area contributed by atoms with E-state index >= 15 is 0 Å². The fourth-order valence-electron chi connectivity index (χ4n) is 2.58. The second kappa shape index (κ2) is 7.28. The van der Waals surface area contributed by atoms with Gasteiger partial charge in [-0.15, -0.1) is 0 Å². The highest BCUT2D eigenvalue weighted by molar-refractivity contribution is 7.89. The molecule has 0 aliphatic rings. The third-order valence-corrected chi connectivity index (χ3v) is 6.02. The molecule has 2 N–H and O–H groups in total. The first-order chi connectivity index (χ1) is 13.1. The summed E-state index contributed by atoms with van der Waals surface area (Å²) in [5.41, 5.74) is 1.86. The van der Waals surface area contributed by atoms with E-state index in [0.717, 1.165) is 4.31 Å². The lowest BCUT2D eigenvalue weighted by Gasteiger charge is -2.14. The molecule has 148 valence electrons. The Morgan fingerprint density at radius 2 is 1.89 bits per heavy atom. The number of imidazole rings is 1. The third kappa shape index (κ3) is 3.73. The van der Waals surface area contributed by atoms with Gasteiger partial charge in [-0.25, -0.2) is 26.5 Å². The number of carbonyl (C=O) groups is 1. The van der Waals surface area contributed by atoms with Gasteiger partial charge in [0, 0.05) is 25.3 Å². The number of H-pyrrole nitrogens is 1. The van der Waals surface area contributed by atoms with E-state index in [4.69, 9.17) is 0 Å². The van der Waals surface area contributed by atoms with Crippen LogP contribution in [0, 0.1) is 6.92 Å². The topological polar surface area (TPSA) is 95.2 Å². The molecule has 1 amide bonds. The molecule has 10 heteroatoms. The number of hydrogen-bond acceptors (Lipinski definition) is 4. The molecule has 0 bridgehead atoms. The zero-order valence-corrected chi connectivity index (χ0v) is 16.1. The van der Waals surface area contributed by atoms with Crippen molar-refractivity contribution < 1.29 is 22.0 Å². The lowest BCUT2D eigenvalue weighted by Crippen LogP contribution is -2.22. The van der Waals surface area contributed by atoms with Crippen LogP contribution in [-0.4, -0.2) is 42.7 Å². The number of carbonyl (C=O) groups excluding carboxylic acids is 1. The van der Waals surface area contributed by atoms with Gasteiger partial charge >= 0.3 is 0 Å². The van der Waals surface area contributed by atoms with Crippen molar-refractivity contribution in [2.75, 3.05) is 19.4 Å². The van der Waals surface area contributed by atoms with E-state index in [1.807, 2.05) is 0 Å². The lowest BCUT2D eigenvalue weighted by atomic mass is 10.1. The molecule has 1 aromatic heterocycles. The highest BCUT2D eigenvalue weighted by Gasteiger charge is 2.19.